The number of rotatable bonds is 4. The number of benzene rings is 2. The molecular formula is C13H10BrClFNO3S. The number of hydrogen-bond donors (Lipinski definition) is 2. The van der Waals surface area contributed by atoms with Crippen LogP contribution in [0.4, 0.5) is 10.1 Å². The standard InChI is InChI=1S/C13H10BrClFNO3S/c14-12-3-8(7-18)1-2-13(12)21(19,20)17-11-5-9(15)4-10(16)6-11/h1-6,17-18H,7H2. The number of anilines is 1. The van der Waals surface area contributed by atoms with E-state index in [2.05, 4.69) is 20.7 Å². The van der Waals surface area contributed by atoms with Gasteiger partial charge in [-0.15, -0.1) is 0 Å². The average molecular weight is 395 g/mol. The fraction of sp³-hybridized carbons (Fsp3) is 0.0769. The lowest BCUT2D eigenvalue weighted by Crippen LogP contribution is -2.14. The summed E-state index contributed by atoms with van der Waals surface area (Å²) in [5.74, 6) is -0.644. The predicted octanol–water partition coefficient (Wildman–Crippen LogP) is 3.53. The topological polar surface area (TPSA) is 66.4 Å². The Kier molecular flexibility index (Phi) is 4.88. The third-order valence-corrected chi connectivity index (χ3v) is 5.16. The summed E-state index contributed by atoms with van der Waals surface area (Å²) in [6, 6.07) is 7.73. The monoisotopic (exact) mass is 393 g/mol. The minimum absolute atomic E-state index is 0.0261. The molecule has 0 unspecified atom stereocenters. The second-order valence-corrected chi connectivity index (χ2v) is 7.13. The minimum Gasteiger partial charge on any atom is -0.392 e. The van der Waals surface area contributed by atoms with Gasteiger partial charge >= 0.3 is 0 Å². The van der Waals surface area contributed by atoms with Gasteiger partial charge in [-0.2, -0.15) is 0 Å². The van der Waals surface area contributed by atoms with Crippen molar-refractivity contribution >= 4 is 43.2 Å². The van der Waals surface area contributed by atoms with Crippen LogP contribution in [-0.2, 0) is 16.6 Å². The molecule has 2 rings (SSSR count). The predicted molar refractivity (Wildman–Crippen MR) is 82.3 cm³/mol. The third kappa shape index (κ3) is 3.94. The Morgan fingerprint density at radius 2 is 1.95 bits per heavy atom. The van der Waals surface area contributed by atoms with Crippen molar-refractivity contribution in [2.45, 2.75) is 11.5 Å². The van der Waals surface area contributed by atoms with E-state index in [4.69, 9.17) is 16.7 Å². The van der Waals surface area contributed by atoms with E-state index >= 15 is 0 Å². The summed E-state index contributed by atoms with van der Waals surface area (Å²) in [4.78, 5) is -0.0277. The molecule has 0 aliphatic heterocycles. The molecule has 0 heterocycles. The zero-order chi connectivity index (χ0) is 15.6. The maximum atomic E-state index is 13.2. The summed E-state index contributed by atoms with van der Waals surface area (Å²) in [7, 11) is -3.91. The maximum absolute atomic E-state index is 13.2. The molecule has 0 bridgehead atoms. The molecule has 2 aromatic rings. The molecule has 0 aliphatic rings. The first-order valence-electron chi connectivity index (χ1n) is 5.70. The molecule has 2 N–H and O–H groups in total. The molecule has 112 valence electrons. The summed E-state index contributed by atoms with van der Waals surface area (Å²) in [5.41, 5.74) is 0.591. The Morgan fingerprint density at radius 1 is 1.24 bits per heavy atom. The fourth-order valence-electron chi connectivity index (χ4n) is 1.68. The molecule has 0 atom stereocenters. The van der Waals surface area contributed by atoms with Crippen molar-refractivity contribution in [1.82, 2.24) is 0 Å². The van der Waals surface area contributed by atoms with Gasteiger partial charge in [0.25, 0.3) is 10.0 Å². The first kappa shape index (κ1) is 16.2. The Hall–Kier alpha value is -1.15. The Morgan fingerprint density at radius 3 is 2.52 bits per heavy atom. The van der Waals surface area contributed by atoms with Crippen molar-refractivity contribution in [3.05, 3.63) is 57.3 Å². The Bertz CT molecular complexity index is 763. The van der Waals surface area contributed by atoms with Gasteiger partial charge in [-0.05, 0) is 51.8 Å². The molecule has 2 aromatic carbocycles. The van der Waals surface area contributed by atoms with Crippen molar-refractivity contribution in [3.63, 3.8) is 0 Å². The summed E-state index contributed by atoms with van der Waals surface area (Å²) in [5, 5.41) is 9.10. The molecule has 0 fully saturated rings. The lowest BCUT2D eigenvalue weighted by molar-refractivity contribution is 0.281. The molecule has 0 aromatic heterocycles. The number of nitrogens with one attached hydrogen (secondary N) is 1. The third-order valence-electron chi connectivity index (χ3n) is 2.58. The zero-order valence-electron chi connectivity index (χ0n) is 10.5. The van der Waals surface area contributed by atoms with Crippen LogP contribution in [-0.4, -0.2) is 13.5 Å². The second kappa shape index (κ2) is 6.31. The van der Waals surface area contributed by atoms with Crippen molar-refractivity contribution in [2.75, 3.05) is 4.72 Å². The van der Waals surface area contributed by atoms with Crippen molar-refractivity contribution in [2.24, 2.45) is 0 Å². The first-order chi connectivity index (χ1) is 9.81. The number of hydrogen-bond acceptors (Lipinski definition) is 3. The van der Waals surface area contributed by atoms with E-state index in [0.29, 0.717) is 10.0 Å². The number of sulfonamides is 1. The SMILES string of the molecule is O=S(=O)(Nc1cc(F)cc(Cl)c1)c1ccc(CO)cc1Br. The van der Waals surface area contributed by atoms with E-state index in [1.54, 1.807) is 0 Å². The molecule has 0 saturated carbocycles. The van der Waals surface area contributed by atoms with E-state index in [0.717, 1.165) is 12.1 Å². The number of aliphatic hydroxyl groups is 1. The molecule has 8 heteroatoms. The van der Waals surface area contributed by atoms with Gasteiger partial charge in [0.05, 0.1) is 12.3 Å². The Balaban J connectivity index is 2.38. The molecular weight excluding hydrogens is 385 g/mol. The Labute approximate surface area is 134 Å². The lowest BCUT2D eigenvalue weighted by atomic mass is 10.2. The number of aliphatic hydroxyl groups excluding tert-OH is 1. The highest BCUT2D eigenvalue weighted by Crippen LogP contribution is 2.26. The highest BCUT2D eigenvalue weighted by Gasteiger charge is 2.18. The van der Waals surface area contributed by atoms with Crippen molar-refractivity contribution in [1.29, 1.82) is 0 Å². The molecule has 21 heavy (non-hydrogen) atoms. The van der Waals surface area contributed by atoms with E-state index in [-0.39, 0.29) is 22.2 Å². The normalized spacial score (nSPS) is 11.4. The van der Waals surface area contributed by atoms with Crippen LogP contribution in [0.2, 0.25) is 5.02 Å². The van der Waals surface area contributed by atoms with Crippen LogP contribution in [0, 0.1) is 5.82 Å². The highest BCUT2D eigenvalue weighted by molar-refractivity contribution is 9.10. The van der Waals surface area contributed by atoms with E-state index < -0.39 is 15.8 Å². The van der Waals surface area contributed by atoms with Crippen molar-refractivity contribution in [3.8, 4) is 0 Å². The second-order valence-electron chi connectivity index (χ2n) is 4.19. The zero-order valence-corrected chi connectivity index (χ0v) is 13.6. The van der Waals surface area contributed by atoms with Gasteiger partial charge in [-0.3, -0.25) is 4.72 Å². The summed E-state index contributed by atoms with van der Waals surface area (Å²) in [6.45, 7) is -0.203. The van der Waals surface area contributed by atoms with Crippen LogP contribution in [0.25, 0.3) is 0 Å². The quantitative estimate of drug-likeness (QED) is 0.833. The van der Waals surface area contributed by atoms with Crippen LogP contribution in [0.15, 0.2) is 45.8 Å². The van der Waals surface area contributed by atoms with Crippen LogP contribution in [0.1, 0.15) is 5.56 Å². The van der Waals surface area contributed by atoms with Gasteiger partial charge in [0.1, 0.15) is 10.7 Å². The molecule has 0 radical (unpaired) electrons. The summed E-state index contributed by atoms with van der Waals surface area (Å²) >= 11 is 8.82. The average Bonchev–Trinajstić information content (AvgIpc) is 2.36. The minimum atomic E-state index is -3.91. The summed E-state index contributed by atoms with van der Waals surface area (Å²) in [6.07, 6.45) is 0. The molecule has 0 amide bonds. The first-order valence-corrected chi connectivity index (χ1v) is 8.35. The molecule has 0 saturated heterocycles. The highest BCUT2D eigenvalue weighted by atomic mass is 79.9. The van der Waals surface area contributed by atoms with Gasteiger partial charge in [0.15, 0.2) is 0 Å². The van der Waals surface area contributed by atoms with Gasteiger partial charge in [-0.1, -0.05) is 17.7 Å². The van der Waals surface area contributed by atoms with Crippen LogP contribution >= 0.6 is 27.5 Å². The van der Waals surface area contributed by atoms with E-state index in [9.17, 15) is 12.8 Å². The van der Waals surface area contributed by atoms with Gasteiger partial charge in [0, 0.05) is 9.50 Å². The largest absolute Gasteiger partial charge is 0.392 e. The van der Waals surface area contributed by atoms with E-state index in [1.807, 2.05) is 0 Å². The molecule has 0 spiro atoms. The molecule has 4 nitrogen and oxygen atoms in total. The lowest BCUT2D eigenvalue weighted by Gasteiger charge is -2.11. The molecule has 0 aliphatic carbocycles. The summed E-state index contributed by atoms with van der Waals surface area (Å²) < 4.78 is 40.3. The smallest absolute Gasteiger partial charge is 0.263 e. The van der Waals surface area contributed by atoms with Gasteiger partial charge in [0.2, 0.25) is 0 Å². The van der Waals surface area contributed by atoms with E-state index in [1.165, 1.54) is 24.3 Å². The maximum Gasteiger partial charge on any atom is 0.263 e. The van der Waals surface area contributed by atoms with Crippen molar-refractivity contribution < 1.29 is 17.9 Å². The van der Waals surface area contributed by atoms with Crippen LogP contribution in [0.3, 0.4) is 0 Å². The van der Waals surface area contributed by atoms with Gasteiger partial charge in [-0.25, -0.2) is 12.8 Å². The van der Waals surface area contributed by atoms with Crippen LogP contribution < -0.4 is 4.72 Å². The van der Waals surface area contributed by atoms with Gasteiger partial charge < -0.3 is 5.11 Å². The number of halogens is 3. The fourth-order valence-corrected chi connectivity index (χ4v) is 4.07. The van der Waals surface area contributed by atoms with Crippen LogP contribution in [0.5, 0.6) is 0 Å².